The Balaban J connectivity index is 1.75. The van der Waals surface area contributed by atoms with Crippen LogP contribution in [0.15, 0.2) is 0 Å². The maximum absolute atomic E-state index is 3.79. The predicted molar refractivity (Wildman–Crippen MR) is 60.4 cm³/mol. The minimum atomic E-state index is 0.575. The first-order valence-electron chi connectivity index (χ1n) is 5.99. The number of hydrogen-bond acceptors (Lipinski definition) is 2. The molecule has 14 heavy (non-hydrogen) atoms. The molecule has 1 aliphatic heterocycles. The first-order valence-corrected chi connectivity index (χ1v) is 5.99. The van der Waals surface area contributed by atoms with Crippen LogP contribution in [0.25, 0.3) is 0 Å². The molecule has 0 aromatic rings. The van der Waals surface area contributed by atoms with Gasteiger partial charge in [0.2, 0.25) is 0 Å². The van der Waals surface area contributed by atoms with Crippen molar-refractivity contribution in [1.29, 1.82) is 0 Å². The summed E-state index contributed by atoms with van der Waals surface area (Å²) in [6, 6.07) is 2.26. The summed E-state index contributed by atoms with van der Waals surface area (Å²) >= 11 is 0. The monoisotopic (exact) mass is 196 g/mol. The minimum absolute atomic E-state index is 0.575. The molecule has 1 saturated carbocycles. The summed E-state index contributed by atoms with van der Waals surface area (Å²) < 4.78 is 0. The van der Waals surface area contributed by atoms with Crippen LogP contribution >= 0.6 is 0 Å². The summed E-state index contributed by atoms with van der Waals surface area (Å²) in [5.74, 6) is 0. The Bertz CT molecular complexity index is 210. The van der Waals surface area contributed by atoms with Gasteiger partial charge in [-0.25, -0.2) is 0 Å². The maximum atomic E-state index is 3.79. The van der Waals surface area contributed by atoms with E-state index in [9.17, 15) is 0 Å². The second-order valence-corrected chi connectivity index (χ2v) is 5.99. The van der Waals surface area contributed by atoms with E-state index in [1.54, 1.807) is 0 Å². The normalized spacial score (nSPS) is 36.6. The Kier molecular flexibility index (Phi) is 2.61. The first kappa shape index (κ1) is 10.4. The summed E-state index contributed by atoms with van der Waals surface area (Å²) in [5.41, 5.74) is 0.575. The Morgan fingerprint density at radius 3 is 2.43 bits per heavy atom. The Labute approximate surface area is 88.1 Å². The molecular formula is C12H24N2. The second kappa shape index (κ2) is 3.49. The lowest BCUT2D eigenvalue weighted by Crippen LogP contribution is -2.37. The van der Waals surface area contributed by atoms with Crippen molar-refractivity contribution in [3.05, 3.63) is 0 Å². The van der Waals surface area contributed by atoms with E-state index in [-0.39, 0.29) is 0 Å². The van der Waals surface area contributed by atoms with E-state index in [0.717, 1.165) is 12.1 Å². The molecule has 1 aliphatic carbocycles. The molecule has 2 rings (SSSR count). The molecule has 2 atom stereocenters. The molecule has 2 aliphatic rings. The van der Waals surface area contributed by atoms with Crippen LogP contribution < -0.4 is 5.32 Å². The van der Waals surface area contributed by atoms with Gasteiger partial charge in [-0.3, -0.25) is 4.90 Å². The lowest BCUT2D eigenvalue weighted by Gasteiger charge is -2.20. The van der Waals surface area contributed by atoms with Gasteiger partial charge in [0.05, 0.1) is 0 Å². The van der Waals surface area contributed by atoms with E-state index in [1.165, 1.54) is 25.9 Å². The zero-order valence-corrected chi connectivity index (χ0v) is 10.0. The molecule has 0 amide bonds. The molecule has 0 aromatic heterocycles. The Hall–Kier alpha value is -0.0800. The SMILES string of the molecule is CC(C)N1CC[C@@H](NC2CC2(C)C)C1. The van der Waals surface area contributed by atoms with Crippen LogP contribution in [0.3, 0.4) is 0 Å². The number of nitrogens with one attached hydrogen (secondary N) is 1. The topological polar surface area (TPSA) is 15.3 Å². The minimum Gasteiger partial charge on any atom is -0.309 e. The third-order valence-corrected chi connectivity index (χ3v) is 3.90. The van der Waals surface area contributed by atoms with Crippen LogP contribution in [0.1, 0.15) is 40.5 Å². The van der Waals surface area contributed by atoms with Crippen LogP contribution in [0.5, 0.6) is 0 Å². The fourth-order valence-corrected chi connectivity index (χ4v) is 2.43. The van der Waals surface area contributed by atoms with E-state index >= 15 is 0 Å². The van der Waals surface area contributed by atoms with Crippen molar-refractivity contribution in [2.75, 3.05) is 13.1 Å². The van der Waals surface area contributed by atoms with Crippen molar-refractivity contribution >= 4 is 0 Å². The highest BCUT2D eigenvalue weighted by Gasteiger charge is 2.46. The predicted octanol–water partition coefficient (Wildman–Crippen LogP) is 1.86. The zero-order chi connectivity index (χ0) is 10.3. The molecule has 2 nitrogen and oxygen atoms in total. The molecule has 1 heterocycles. The highest BCUT2D eigenvalue weighted by Crippen LogP contribution is 2.45. The Morgan fingerprint density at radius 1 is 1.36 bits per heavy atom. The Morgan fingerprint density at radius 2 is 2.00 bits per heavy atom. The van der Waals surface area contributed by atoms with Gasteiger partial charge in [0.25, 0.3) is 0 Å². The van der Waals surface area contributed by atoms with E-state index in [2.05, 4.69) is 37.9 Å². The largest absolute Gasteiger partial charge is 0.309 e. The fraction of sp³-hybridized carbons (Fsp3) is 1.00. The van der Waals surface area contributed by atoms with E-state index in [0.29, 0.717) is 11.5 Å². The van der Waals surface area contributed by atoms with Gasteiger partial charge >= 0.3 is 0 Å². The van der Waals surface area contributed by atoms with Gasteiger partial charge in [-0.05, 0) is 38.6 Å². The van der Waals surface area contributed by atoms with Crippen molar-refractivity contribution in [2.24, 2.45) is 5.41 Å². The lowest BCUT2D eigenvalue weighted by atomic mass is 10.1. The fourth-order valence-electron chi connectivity index (χ4n) is 2.43. The smallest absolute Gasteiger partial charge is 0.0210 e. The van der Waals surface area contributed by atoms with Crippen LogP contribution in [-0.2, 0) is 0 Å². The summed E-state index contributed by atoms with van der Waals surface area (Å²) in [7, 11) is 0. The van der Waals surface area contributed by atoms with Crippen LogP contribution in [0.2, 0.25) is 0 Å². The average Bonchev–Trinajstić information content (AvgIpc) is 2.51. The van der Waals surface area contributed by atoms with Gasteiger partial charge in [0.1, 0.15) is 0 Å². The van der Waals surface area contributed by atoms with Crippen molar-refractivity contribution in [2.45, 2.75) is 58.7 Å². The summed E-state index contributed by atoms with van der Waals surface area (Å²) in [6.07, 6.45) is 2.70. The van der Waals surface area contributed by atoms with Crippen LogP contribution in [-0.4, -0.2) is 36.1 Å². The molecule has 1 saturated heterocycles. The van der Waals surface area contributed by atoms with Crippen LogP contribution in [0, 0.1) is 5.41 Å². The lowest BCUT2D eigenvalue weighted by molar-refractivity contribution is 0.267. The van der Waals surface area contributed by atoms with Crippen molar-refractivity contribution in [3.8, 4) is 0 Å². The number of likely N-dealkylation sites (tertiary alicyclic amines) is 1. The quantitative estimate of drug-likeness (QED) is 0.741. The summed E-state index contributed by atoms with van der Waals surface area (Å²) in [4.78, 5) is 2.58. The van der Waals surface area contributed by atoms with Gasteiger partial charge in [0.15, 0.2) is 0 Å². The van der Waals surface area contributed by atoms with Gasteiger partial charge in [-0.15, -0.1) is 0 Å². The van der Waals surface area contributed by atoms with Crippen LogP contribution in [0.4, 0.5) is 0 Å². The highest BCUT2D eigenvalue weighted by atomic mass is 15.2. The molecule has 1 unspecified atom stereocenters. The standard InChI is InChI=1S/C12H24N2/c1-9(2)14-6-5-10(8-14)13-11-7-12(11,3)4/h9-11,13H,5-8H2,1-4H3/t10-,11?/m1/s1. The van der Waals surface area contributed by atoms with E-state index < -0.39 is 0 Å². The molecule has 0 bridgehead atoms. The molecular weight excluding hydrogens is 172 g/mol. The number of nitrogens with zero attached hydrogens (tertiary/aromatic N) is 1. The summed E-state index contributed by atoms with van der Waals surface area (Å²) in [5, 5.41) is 3.79. The molecule has 2 heteroatoms. The molecule has 82 valence electrons. The van der Waals surface area contributed by atoms with Gasteiger partial charge in [-0.1, -0.05) is 13.8 Å². The van der Waals surface area contributed by atoms with Crippen molar-refractivity contribution < 1.29 is 0 Å². The van der Waals surface area contributed by atoms with Crippen molar-refractivity contribution in [3.63, 3.8) is 0 Å². The molecule has 2 fully saturated rings. The second-order valence-electron chi connectivity index (χ2n) is 5.99. The molecule has 1 N–H and O–H groups in total. The molecule has 0 radical (unpaired) electrons. The van der Waals surface area contributed by atoms with E-state index in [1.807, 2.05) is 0 Å². The van der Waals surface area contributed by atoms with E-state index in [4.69, 9.17) is 0 Å². The first-order chi connectivity index (χ1) is 6.49. The van der Waals surface area contributed by atoms with Gasteiger partial charge < -0.3 is 5.32 Å². The van der Waals surface area contributed by atoms with Gasteiger partial charge in [-0.2, -0.15) is 0 Å². The van der Waals surface area contributed by atoms with Crippen molar-refractivity contribution in [1.82, 2.24) is 10.2 Å². The van der Waals surface area contributed by atoms with Gasteiger partial charge in [0, 0.05) is 24.7 Å². The average molecular weight is 196 g/mol. The third kappa shape index (κ3) is 2.12. The summed E-state index contributed by atoms with van der Waals surface area (Å²) in [6.45, 7) is 11.8. The molecule has 0 spiro atoms. The highest BCUT2D eigenvalue weighted by molar-refractivity contribution is 5.03. The number of rotatable bonds is 3. The maximum Gasteiger partial charge on any atom is 0.0210 e. The third-order valence-electron chi connectivity index (χ3n) is 3.90. The molecule has 0 aromatic carbocycles. The number of hydrogen-bond donors (Lipinski definition) is 1. The zero-order valence-electron chi connectivity index (χ0n) is 10.0.